The Morgan fingerprint density at radius 2 is 1.77 bits per heavy atom. The maximum Gasteiger partial charge on any atom is 0.254 e. The number of nitrogens with zero attached hydrogens (tertiary/aromatic N) is 2. The fourth-order valence-electron chi connectivity index (χ4n) is 3.71. The molecule has 0 spiro atoms. The molecule has 1 unspecified atom stereocenters. The van der Waals surface area contributed by atoms with Crippen LogP contribution in [0.3, 0.4) is 0 Å². The third kappa shape index (κ3) is 2.66. The van der Waals surface area contributed by atoms with Crippen molar-refractivity contribution in [1.29, 1.82) is 0 Å². The molecule has 2 aliphatic rings. The van der Waals surface area contributed by atoms with E-state index in [-0.39, 0.29) is 29.3 Å². The summed E-state index contributed by atoms with van der Waals surface area (Å²) in [5, 5.41) is 0. The van der Waals surface area contributed by atoms with Crippen molar-refractivity contribution in [2.24, 2.45) is 5.92 Å². The monoisotopic (exact) mass is 356 g/mol. The van der Waals surface area contributed by atoms with Gasteiger partial charge < -0.3 is 9.80 Å². The minimum atomic E-state index is -1.05. The van der Waals surface area contributed by atoms with Crippen LogP contribution in [-0.4, -0.2) is 35.8 Å². The predicted molar refractivity (Wildman–Crippen MR) is 92.8 cm³/mol. The Morgan fingerprint density at radius 1 is 1.04 bits per heavy atom. The molecule has 2 aromatic rings. The lowest BCUT2D eigenvalue weighted by Gasteiger charge is -2.40. The van der Waals surface area contributed by atoms with Crippen molar-refractivity contribution in [2.45, 2.75) is 19.4 Å². The minimum Gasteiger partial charge on any atom is -0.337 e. The number of rotatable bonds is 2. The van der Waals surface area contributed by atoms with Gasteiger partial charge in [0.05, 0.1) is 5.92 Å². The van der Waals surface area contributed by atoms with Crippen LogP contribution in [0.4, 0.5) is 14.5 Å². The normalized spacial score (nSPS) is 19.3. The van der Waals surface area contributed by atoms with Crippen molar-refractivity contribution in [3.8, 4) is 0 Å². The first-order chi connectivity index (χ1) is 12.5. The van der Waals surface area contributed by atoms with Gasteiger partial charge in [0.25, 0.3) is 5.91 Å². The van der Waals surface area contributed by atoms with E-state index in [1.807, 2.05) is 36.1 Å². The highest BCUT2D eigenvalue weighted by molar-refractivity contribution is 6.01. The fraction of sp³-hybridized carbons (Fsp3) is 0.300. The van der Waals surface area contributed by atoms with Crippen molar-refractivity contribution in [1.82, 2.24) is 4.90 Å². The molecular weight excluding hydrogens is 338 g/mol. The second-order valence-electron chi connectivity index (χ2n) is 6.93. The van der Waals surface area contributed by atoms with Gasteiger partial charge in [-0.05, 0) is 43.2 Å². The van der Waals surface area contributed by atoms with Gasteiger partial charge in [-0.3, -0.25) is 9.59 Å². The zero-order valence-electron chi connectivity index (χ0n) is 14.3. The van der Waals surface area contributed by atoms with E-state index < -0.39 is 11.6 Å². The lowest BCUT2D eigenvalue weighted by atomic mass is 9.96. The number of halogens is 2. The summed E-state index contributed by atoms with van der Waals surface area (Å²) < 4.78 is 26.3. The number of carbonyl (C=O) groups excluding carboxylic acids is 2. The van der Waals surface area contributed by atoms with Crippen LogP contribution in [0.25, 0.3) is 0 Å². The molecule has 0 bridgehead atoms. The maximum atomic E-state index is 13.3. The molecule has 2 amide bonds. The van der Waals surface area contributed by atoms with Crippen molar-refractivity contribution < 1.29 is 18.4 Å². The summed E-state index contributed by atoms with van der Waals surface area (Å²) in [6.45, 7) is 2.60. The van der Waals surface area contributed by atoms with E-state index in [1.165, 1.54) is 11.0 Å². The van der Waals surface area contributed by atoms with Gasteiger partial charge in [-0.25, -0.2) is 8.78 Å². The molecule has 4 rings (SSSR count). The van der Waals surface area contributed by atoms with E-state index >= 15 is 0 Å². The van der Waals surface area contributed by atoms with Gasteiger partial charge in [0.1, 0.15) is 0 Å². The van der Waals surface area contributed by atoms with Crippen LogP contribution >= 0.6 is 0 Å². The van der Waals surface area contributed by atoms with Crippen LogP contribution in [0.5, 0.6) is 0 Å². The Balaban J connectivity index is 1.44. The first-order valence-corrected chi connectivity index (χ1v) is 8.61. The number of amides is 2. The number of para-hydroxylation sites is 1. The highest BCUT2D eigenvalue weighted by Crippen LogP contribution is 2.34. The molecule has 0 saturated carbocycles. The molecule has 2 aromatic carbocycles. The van der Waals surface area contributed by atoms with Gasteiger partial charge in [0.2, 0.25) is 5.91 Å². The van der Waals surface area contributed by atoms with Crippen LogP contribution in [-0.2, 0) is 11.2 Å². The minimum absolute atomic E-state index is 0.0109. The lowest BCUT2D eigenvalue weighted by molar-refractivity contribution is -0.126. The molecule has 0 radical (unpaired) electrons. The van der Waals surface area contributed by atoms with Gasteiger partial charge in [0, 0.05) is 30.4 Å². The zero-order chi connectivity index (χ0) is 18.4. The van der Waals surface area contributed by atoms with Gasteiger partial charge >= 0.3 is 0 Å². The number of anilines is 1. The molecule has 2 aliphatic heterocycles. The Hall–Kier alpha value is -2.76. The Morgan fingerprint density at radius 3 is 2.50 bits per heavy atom. The molecule has 4 nitrogen and oxygen atoms in total. The second-order valence-corrected chi connectivity index (χ2v) is 6.93. The average Bonchev–Trinajstić information content (AvgIpc) is 2.91. The molecule has 0 N–H and O–H groups in total. The molecule has 0 aliphatic carbocycles. The van der Waals surface area contributed by atoms with Gasteiger partial charge in [-0.15, -0.1) is 0 Å². The second kappa shape index (κ2) is 6.20. The highest BCUT2D eigenvalue weighted by atomic mass is 19.2. The van der Waals surface area contributed by atoms with Crippen LogP contribution in [0.1, 0.15) is 22.8 Å². The molecule has 2 heterocycles. The molecule has 134 valence electrons. The van der Waals surface area contributed by atoms with E-state index in [9.17, 15) is 18.4 Å². The summed E-state index contributed by atoms with van der Waals surface area (Å²) in [6.07, 6.45) is 0.826. The lowest BCUT2D eigenvalue weighted by Crippen LogP contribution is -2.57. The summed E-state index contributed by atoms with van der Waals surface area (Å²) in [5.41, 5.74) is 2.19. The topological polar surface area (TPSA) is 40.6 Å². The van der Waals surface area contributed by atoms with Crippen molar-refractivity contribution in [2.75, 3.05) is 18.0 Å². The number of fused-ring (bicyclic) bond motifs is 1. The number of benzene rings is 2. The van der Waals surface area contributed by atoms with Crippen molar-refractivity contribution >= 4 is 17.5 Å². The Kier molecular flexibility index (Phi) is 3.98. The van der Waals surface area contributed by atoms with Crippen LogP contribution in [0, 0.1) is 17.6 Å². The van der Waals surface area contributed by atoms with Crippen LogP contribution < -0.4 is 4.90 Å². The van der Waals surface area contributed by atoms with Crippen LogP contribution in [0.2, 0.25) is 0 Å². The largest absolute Gasteiger partial charge is 0.337 e. The van der Waals surface area contributed by atoms with E-state index in [0.29, 0.717) is 13.1 Å². The highest BCUT2D eigenvalue weighted by Gasteiger charge is 2.41. The summed E-state index contributed by atoms with van der Waals surface area (Å²) in [6, 6.07) is 11.0. The molecule has 1 saturated heterocycles. The number of likely N-dealkylation sites (tertiary alicyclic amines) is 1. The van der Waals surface area contributed by atoms with E-state index in [4.69, 9.17) is 0 Å². The van der Waals surface area contributed by atoms with Gasteiger partial charge in [-0.2, -0.15) is 0 Å². The Labute approximate surface area is 150 Å². The summed E-state index contributed by atoms with van der Waals surface area (Å²) in [7, 11) is 0. The van der Waals surface area contributed by atoms with Crippen molar-refractivity contribution in [3.05, 3.63) is 65.2 Å². The molecule has 1 fully saturated rings. The van der Waals surface area contributed by atoms with E-state index in [0.717, 1.165) is 29.8 Å². The molecule has 1 atom stereocenters. The Bertz CT molecular complexity index is 893. The van der Waals surface area contributed by atoms with Crippen LogP contribution in [0.15, 0.2) is 42.5 Å². The van der Waals surface area contributed by atoms with Crippen molar-refractivity contribution in [3.63, 3.8) is 0 Å². The van der Waals surface area contributed by atoms with Gasteiger partial charge in [-0.1, -0.05) is 18.2 Å². The average molecular weight is 356 g/mol. The summed E-state index contributed by atoms with van der Waals surface area (Å²) >= 11 is 0. The number of hydrogen-bond acceptors (Lipinski definition) is 2. The zero-order valence-corrected chi connectivity index (χ0v) is 14.3. The first kappa shape index (κ1) is 16.7. The molecular formula is C20H18F2N2O2. The van der Waals surface area contributed by atoms with E-state index in [1.54, 1.807) is 0 Å². The summed E-state index contributed by atoms with van der Waals surface area (Å²) in [5.74, 6) is -2.68. The third-order valence-corrected chi connectivity index (χ3v) is 5.13. The smallest absolute Gasteiger partial charge is 0.254 e. The standard InChI is InChI=1S/C20H18F2N2O2/c1-12-8-13-4-2-3-5-18(13)24(12)20(26)15-10-23(11-15)19(25)14-6-7-16(21)17(22)9-14/h2-7,9,12,15H,8,10-11H2,1H3. The SMILES string of the molecule is CC1Cc2ccccc2N1C(=O)C1CN(C(=O)c2ccc(F)c(F)c2)C1. The predicted octanol–water partition coefficient (Wildman–Crippen LogP) is 3.01. The third-order valence-electron chi connectivity index (χ3n) is 5.13. The molecule has 6 heteroatoms. The quantitative estimate of drug-likeness (QED) is 0.830. The van der Waals surface area contributed by atoms with E-state index in [2.05, 4.69) is 0 Å². The number of carbonyl (C=O) groups is 2. The molecule has 26 heavy (non-hydrogen) atoms. The molecule has 0 aromatic heterocycles. The number of hydrogen-bond donors (Lipinski definition) is 0. The summed E-state index contributed by atoms with van der Waals surface area (Å²) in [4.78, 5) is 28.5. The van der Waals surface area contributed by atoms with Gasteiger partial charge in [0.15, 0.2) is 11.6 Å². The first-order valence-electron chi connectivity index (χ1n) is 8.61. The maximum absolute atomic E-state index is 13.3. The fourth-order valence-corrected chi connectivity index (χ4v) is 3.71.